The summed E-state index contributed by atoms with van der Waals surface area (Å²) in [6.45, 7) is 1.83. The third-order valence-corrected chi connectivity index (χ3v) is 2.79. The molecular weight excluding hydrogens is 265 g/mol. The average molecular weight is 283 g/mol. The lowest BCUT2D eigenvalue weighted by Gasteiger charge is -2.13. The third-order valence-electron chi connectivity index (χ3n) is 2.79. The lowest BCUT2D eigenvalue weighted by atomic mass is 10.1. The Morgan fingerprint density at radius 3 is 2.65 bits per heavy atom. The Morgan fingerprint density at radius 1 is 1.45 bits per heavy atom. The van der Waals surface area contributed by atoms with Crippen molar-refractivity contribution in [2.24, 2.45) is 0 Å². The fourth-order valence-electron chi connectivity index (χ4n) is 1.80. The summed E-state index contributed by atoms with van der Waals surface area (Å²) in [7, 11) is 1.35. The van der Waals surface area contributed by atoms with Gasteiger partial charge in [0.05, 0.1) is 13.5 Å². The maximum atomic E-state index is 13.5. The van der Waals surface area contributed by atoms with Gasteiger partial charge in [0.25, 0.3) is 0 Å². The lowest BCUT2D eigenvalue weighted by molar-refractivity contribution is -0.141. The zero-order valence-electron chi connectivity index (χ0n) is 11.5. The fourth-order valence-corrected chi connectivity index (χ4v) is 1.80. The van der Waals surface area contributed by atoms with Crippen molar-refractivity contribution in [1.82, 2.24) is 5.32 Å². The third kappa shape index (κ3) is 4.53. The molecule has 0 saturated heterocycles. The Kier molecular flexibility index (Phi) is 5.96. The van der Waals surface area contributed by atoms with Gasteiger partial charge in [0.1, 0.15) is 6.04 Å². The molecule has 0 spiro atoms. The number of ether oxygens (including phenoxy) is 1. The number of carbonyl (C=O) groups is 2. The van der Waals surface area contributed by atoms with Crippen LogP contribution in [0.15, 0.2) is 18.2 Å². The molecule has 0 aliphatic carbocycles. The first kappa shape index (κ1) is 15.9. The second-order valence-electron chi connectivity index (χ2n) is 4.39. The number of halogens is 1. The second-order valence-corrected chi connectivity index (χ2v) is 4.39. The van der Waals surface area contributed by atoms with Crippen molar-refractivity contribution in [3.05, 3.63) is 29.6 Å². The van der Waals surface area contributed by atoms with E-state index < -0.39 is 23.7 Å². The van der Waals surface area contributed by atoms with Gasteiger partial charge >= 0.3 is 5.97 Å². The zero-order chi connectivity index (χ0) is 15.1. The number of carbonyl (C=O) groups excluding carboxylic acids is 1. The number of nitrogens with one attached hydrogen (secondary N) is 1. The molecule has 1 atom stereocenters. The Hall–Kier alpha value is -2.11. The first-order chi connectivity index (χ1) is 9.47. The van der Waals surface area contributed by atoms with Gasteiger partial charge in [-0.15, -0.1) is 0 Å². The van der Waals surface area contributed by atoms with E-state index >= 15 is 0 Å². The van der Waals surface area contributed by atoms with Crippen LogP contribution in [0.25, 0.3) is 0 Å². The predicted molar refractivity (Wildman–Crippen MR) is 71.1 cm³/mol. The molecule has 0 saturated carbocycles. The van der Waals surface area contributed by atoms with Gasteiger partial charge in [0.2, 0.25) is 5.91 Å². The summed E-state index contributed by atoms with van der Waals surface area (Å²) in [5, 5.41) is 11.4. The van der Waals surface area contributed by atoms with Gasteiger partial charge in [0, 0.05) is 0 Å². The lowest BCUT2D eigenvalue weighted by Crippen LogP contribution is -2.41. The molecule has 0 fully saturated rings. The first-order valence-electron chi connectivity index (χ1n) is 6.32. The van der Waals surface area contributed by atoms with Crippen molar-refractivity contribution in [2.45, 2.75) is 32.2 Å². The van der Waals surface area contributed by atoms with Crippen LogP contribution in [0.1, 0.15) is 25.3 Å². The minimum Gasteiger partial charge on any atom is -0.494 e. The highest BCUT2D eigenvalue weighted by Crippen LogP contribution is 2.17. The molecule has 0 aliphatic heterocycles. The van der Waals surface area contributed by atoms with Crippen LogP contribution in [0, 0.1) is 5.82 Å². The van der Waals surface area contributed by atoms with Crippen LogP contribution in [0.3, 0.4) is 0 Å². The van der Waals surface area contributed by atoms with Gasteiger partial charge < -0.3 is 15.2 Å². The number of amides is 1. The van der Waals surface area contributed by atoms with E-state index in [4.69, 9.17) is 9.84 Å². The molecule has 0 aliphatic rings. The van der Waals surface area contributed by atoms with E-state index in [1.165, 1.54) is 19.2 Å². The monoisotopic (exact) mass is 283 g/mol. The van der Waals surface area contributed by atoms with Crippen molar-refractivity contribution >= 4 is 11.9 Å². The van der Waals surface area contributed by atoms with Crippen LogP contribution in [0.2, 0.25) is 0 Å². The maximum absolute atomic E-state index is 13.5. The van der Waals surface area contributed by atoms with Crippen molar-refractivity contribution in [2.75, 3.05) is 7.11 Å². The van der Waals surface area contributed by atoms with Gasteiger partial charge in [-0.3, -0.25) is 4.79 Å². The van der Waals surface area contributed by atoms with Crippen LogP contribution in [0.5, 0.6) is 5.75 Å². The number of methoxy groups -OCH3 is 1. The Labute approximate surface area is 116 Å². The summed E-state index contributed by atoms with van der Waals surface area (Å²) >= 11 is 0. The Bertz CT molecular complexity index is 490. The summed E-state index contributed by atoms with van der Waals surface area (Å²) in [6.07, 6.45) is 0.931. The fraction of sp³-hybridized carbons (Fsp3) is 0.429. The van der Waals surface area contributed by atoms with E-state index in [2.05, 4.69) is 5.32 Å². The van der Waals surface area contributed by atoms with E-state index in [9.17, 15) is 14.0 Å². The van der Waals surface area contributed by atoms with Crippen molar-refractivity contribution in [3.8, 4) is 5.75 Å². The zero-order valence-corrected chi connectivity index (χ0v) is 11.5. The summed E-state index contributed by atoms with van der Waals surface area (Å²) < 4.78 is 18.2. The Morgan fingerprint density at radius 2 is 2.15 bits per heavy atom. The molecule has 6 heteroatoms. The van der Waals surface area contributed by atoms with Gasteiger partial charge in [-0.05, 0) is 24.1 Å². The topological polar surface area (TPSA) is 75.6 Å². The molecule has 0 aromatic heterocycles. The second kappa shape index (κ2) is 7.47. The highest BCUT2D eigenvalue weighted by atomic mass is 19.1. The standard InChI is InChI=1S/C14H18FNO4/c1-3-4-11(14(18)19)16-13(17)8-9-5-6-12(20-2)10(15)7-9/h5-7,11H,3-4,8H2,1-2H3,(H,16,17)(H,18,19)/t11-/m1/s1. The summed E-state index contributed by atoms with van der Waals surface area (Å²) in [5.41, 5.74) is 0.460. The van der Waals surface area contributed by atoms with Gasteiger partial charge in [0.15, 0.2) is 11.6 Å². The molecule has 0 heterocycles. The maximum Gasteiger partial charge on any atom is 0.326 e. The van der Waals surface area contributed by atoms with E-state index in [-0.39, 0.29) is 12.2 Å². The minimum absolute atomic E-state index is 0.0750. The van der Waals surface area contributed by atoms with E-state index in [0.717, 1.165) is 0 Å². The van der Waals surface area contributed by atoms with Crippen LogP contribution in [0.4, 0.5) is 4.39 Å². The molecule has 1 rings (SSSR count). The molecule has 1 aromatic carbocycles. The highest BCUT2D eigenvalue weighted by molar-refractivity contribution is 5.84. The predicted octanol–water partition coefficient (Wildman–Crippen LogP) is 1.75. The average Bonchev–Trinajstić information content (AvgIpc) is 2.38. The number of hydrogen-bond acceptors (Lipinski definition) is 3. The van der Waals surface area contributed by atoms with E-state index in [0.29, 0.717) is 18.4 Å². The van der Waals surface area contributed by atoms with Crippen LogP contribution in [-0.4, -0.2) is 30.1 Å². The number of carboxylic acids is 1. The van der Waals surface area contributed by atoms with Crippen LogP contribution < -0.4 is 10.1 Å². The molecule has 20 heavy (non-hydrogen) atoms. The summed E-state index contributed by atoms with van der Waals surface area (Å²) in [6, 6.07) is 3.29. The van der Waals surface area contributed by atoms with Gasteiger partial charge in [-0.2, -0.15) is 0 Å². The molecule has 1 amide bonds. The smallest absolute Gasteiger partial charge is 0.326 e. The normalized spacial score (nSPS) is 11.8. The van der Waals surface area contributed by atoms with Crippen LogP contribution >= 0.6 is 0 Å². The van der Waals surface area contributed by atoms with Crippen molar-refractivity contribution in [3.63, 3.8) is 0 Å². The highest BCUT2D eigenvalue weighted by Gasteiger charge is 2.19. The molecule has 0 radical (unpaired) electrons. The first-order valence-corrected chi connectivity index (χ1v) is 6.32. The van der Waals surface area contributed by atoms with Crippen molar-refractivity contribution in [1.29, 1.82) is 0 Å². The van der Waals surface area contributed by atoms with Crippen LogP contribution in [-0.2, 0) is 16.0 Å². The number of benzene rings is 1. The minimum atomic E-state index is -1.07. The molecule has 2 N–H and O–H groups in total. The molecule has 5 nitrogen and oxygen atoms in total. The quantitative estimate of drug-likeness (QED) is 0.799. The molecule has 1 aromatic rings. The Balaban J connectivity index is 2.66. The van der Waals surface area contributed by atoms with E-state index in [1.807, 2.05) is 6.92 Å². The molecular formula is C14H18FNO4. The molecule has 0 bridgehead atoms. The molecule has 110 valence electrons. The number of aliphatic carboxylic acids is 1. The van der Waals surface area contributed by atoms with Gasteiger partial charge in [-0.25, -0.2) is 9.18 Å². The van der Waals surface area contributed by atoms with Gasteiger partial charge in [-0.1, -0.05) is 19.4 Å². The largest absolute Gasteiger partial charge is 0.494 e. The summed E-state index contributed by atoms with van der Waals surface area (Å²) in [4.78, 5) is 22.7. The number of hydrogen-bond donors (Lipinski definition) is 2. The van der Waals surface area contributed by atoms with Crippen molar-refractivity contribution < 1.29 is 23.8 Å². The molecule has 0 unspecified atom stereocenters. The number of rotatable bonds is 7. The SMILES string of the molecule is CCC[C@@H](NC(=O)Cc1ccc(OC)c(F)c1)C(=O)O. The number of carboxylic acid groups (broad SMARTS) is 1. The summed E-state index contributed by atoms with van der Waals surface area (Å²) in [5.74, 6) is -1.97. The van der Waals surface area contributed by atoms with E-state index in [1.54, 1.807) is 6.07 Å².